The molecule has 0 spiro atoms. The Labute approximate surface area is 101 Å². The first-order valence-corrected chi connectivity index (χ1v) is 7.05. The number of likely N-dealkylation sites (tertiary alicyclic amines) is 1. The molecule has 2 nitrogen and oxygen atoms in total. The summed E-state index contributed by atoms with van der Waals surface area (Å²) in [6, 6.07) is 1.70. The van der Waals surface area contributed by atoms with Gasteiger partial charge in [-0.1, -0.05) is 19.3 Å². The lowest BCUT2D eigenvalue weighted by Gasteiger charge is -2.34. The van der Waals surface area contributed by atoms with Crippen LogP contribution in [0.1, 0.15) is 44.9 Å². The molecular weight excluding hydrogens is 196 g/mol. The predicted octanol–water partition coefficient (Wildman–Crippen LogP) is 2.59. The third-order valence-corrected chi connectivity index (χ3v) is 4.66. The summed E-state index contributed by atoms with van der Waals surface area (Å²) in [5.41, 5.74) is 0. The van der Waals surface area contributed by atoms with E-state index in [1.54, 1.807) is 0 Å². The first kappa shape index (κ1) is 12.4. The molecule has 0 radical (unpaired) electrons. The van der Waals surface area contributed by atoms with E-state index in [0.29, 0.717) is 0 Å². The standard InChI is InChI=1S/C14H28N2/c1-15(2)11-13-9-10-14(16(13)3)12-7-5-4-6-8-12/h12-14H,4-11H2,1-3H3/t13-,14+/m0/s1. The van der Waals surface area contributed by atoms with Gasteiger partial charge in [0.1, 0.15) is 0 Å². The van der Waals surface area contributed by atoms with Crippen molar-refractivity contribution >= 4 is 0 Å². The Kier molecular flexibility index (Phi) is 4.26. The molecule has 0 unspecified atom stereocenters. The Bertz CT molecular complexity index is 209. The van der Waals surface area contributed by atoms with Crippen LogP contribution in [-0.2, 0) is 0 Å². The normalized spacial score (nSPS) is 33.8. The van der Waals surface area contributed by atoms with Gasteiger partial charge in [0.25, 0.3) is 0 Å². The zero-order chi connectivity index (χ0) is 11.5. The van der Waals surface area contributed by atoms with Crippen molar-refractivity contribution in [2.75, 3.05) is 27.7 Å². The van der Waals surface area contributed by atoms with Crippen molar-refractivity contribution in [3.8, 4) is 0 Å². The second-order valence-corrected chi connectivity index (χ2v) is 6.12. The highest BCUT2D eigenvalue weighted by atomic mass is 15.2. The minimum Gasteiger partial charge on any atom is -0.308 e. The molecule has 1 saturated heterocycles. The van der Waals surface area contributed by atoms with E-state index in [-0.39, 0.29) is 0 Å². The molecule has 2 heteroatoms. The monoisotopic (exact) mass is 224 g/mol. The Morgan fingerprint density at radius 2 is 1.69 bits per heavy atom. The van der Waals surface area contributed by atoms with Gasteiger partial charge in [0.2, 0.25) is 0 Å². The van der Waals surface area contributed by atoms with E-state index in [1.807, 2.05) is 0 Å². The first-order chi connectivity index (χ1) is 7.68. The molecule has 1 heterocycles. The van der Waals surface area contributed by atoms with E-state index in [1.165, 1.54) is 51.5 Å². The van der Waals surface area contributed by atoms with Crippen molar-refractivity contribution in [3.05, 3.63) is 0 Å². The summed E-state index contributed by atoms with van der Waals surface area (Å²) in [5.74, 6) is 1.01. The van der Waals surface area contributed by atoms with Crippen LogP contribution in [0.25, 0.3) is 0 Å². The van der Waals surface area contributed by atoms with Gasteiger partial charge in [-0.25, -0.2) is 0 Å². The lowest BCUT2D eigenvalue weighted by Crippen LogP contribution is -2.42. The summed E-state index contributed by atoms with van der Waals surface area (Å²) >= 11 is 0. The van der Waals surface area contributed by atoms with Gasteiger partial charge in [-0.15, -0.1) is 0 Å². The Morgan fingerprint density at radius 3 is 2.31 bits per heavy atom. The minimum atomic E-state index is 0.807. The van der Waals surface area contributed by atoms with Crippen molar-refractivity contribution in [2.45, 2.75) is 57.0 Å². The molecule has 16 heavy (non-hydrogen) atoms. The third kappa shape index (κ3) is 2.78. The fourth-order valence-electron chi connectivity index (χ4n) is 3.77. The molecule has 2 atom stereocenters. The maximum absolute atomic E-state index is 2.69. The Balaban J connectivity index is 1.87. The molecule has 0 amide bonds. The summed E-state index contributed by atoms with van der Waals surface area (Å²) in [6.07, 6.45) is 10.3. The zero-order valence-corrected chi connectivity index (χ0v) is 11.3. The van der Waals surface area contributed by atoms with E-state index in [0.717, 1.165) is 18.0 Å². The van der Waals surface area contributed by atoms with Gasteiger partial charge in [0.05, 0.1) is 0 Å². The third-order valence-electron chi connectivity index (χ3n) is 4.66. The largest absolute Gasteiger partial charge is 0.308 e. The Morgan fingerprint density at radius 1 is 1.00 bits per heavy atom. The van der Waals surface area contributed by atoms with E-state index in [9.17, 15) is 0 Å². The zero-order valence-electron chi connectivity index (χ0n) is 11.3. The highest BCUT2D eigenvalue weighted by Crippen LogP contribution is 2.35. The van der Waals surface area contributed by atoms with E-state index < -0.39 is 0 Å². The van der Waals surface area contributed by atoms with Crippen LogP contribution < -0.4 is 0 Å². The van der Waals surface area contributed by atoms with Gasteiger partial charge in [-0.3, -0.25) is 4.90 Å². The fraction of sp³-hybridized carbons (Fsp3) is 1.00. The van der Waals surface area contributed by atoms with Crippen LogP contribution in [0.4, 0.5) is 0 Å². The van der Waals surface area contributed by atoms with E-state index in [2.05, 4.69) is 30.9 Å². The molecular formula is C14H28N2. The van der Waals surface area contributed by atoms with Gasteiger partial charge in [-0.2, -0.15) is 0 Å². The van der Waals surface area contributed by atoms with E-state index >= 15 is 0 Å². The van der Waals surface area contributed by atoms with Crippen molar-refractivity contribution < 1.29 is 0 Å². The molecule has 2 aliphatic rings. The summed E-state index contributed by atoms with van der Waals surface area (Å²) in [6.45, 7) is 1.24. The van der Waals surface area contributed by atoms with Crippen molar-refractivity contribution in [1.82, 2.24) is 9.80 Å². The summed E-state index contributed by atoms with van der Waals surface area (Å²) < 4.78 is 0. The van der Waals surface area contributed by atoms with Crippen molar-refractivity contribution in [3.63, 3.8) is 0 Å². The number of hydrogen-bond acceptors (Lipinski definition) is 2. The first-order valence-electron chi connectivity index (χ1n) is 7.05. The van der Waals surface area contributed by atoms with Crippen LogP contribution >= 0.6 is 0 Å². The molecule has 0 aromatic rings. The molecule has 1 aliphatic carbocycles. The topological polar surface area (TPSA) is 6.48 Å². The minimum absolute atomic E-state index is 0.807. The van der Waals surface area contributed by atoms with Crippen LogP contribution in [0.5, 0.6) is 0 Å². The second kappa shape index (κ2) is 5.50. The van der Waals surface area contributed by atoms with Gasteiger partial charge < -0.3 is 4.90 Å². The van der Waals surface area contributed by atoms with Crippen LogP contribution in [0, 0.1) is 5.92 Å². The average Bonchev–Trinajstić information content (AvgIpc) is 2.61. The number of rotatable bonds is 3. The molecule has 0 aromatic heterocycles. The van der Waals surface area contributed by atoms with Gasteiger partial charge in [0, 0.05) is 18.6 Å². The molecule has 1 aliphatic heterocycles. The lowest BCUT2D eigenvalue weighted by atomic mass is 9.83. The van der Waals surface area contributed by atoms with Crippen LogP contribution in [0.2, 0.25) is 0 Å². The summed E-state index contributed by atoms with van der Waals surface area (Å²) in [4.78, 5) is 5.03. The van der Waals surface area contributed by atoms with Gasteiger partial charge >= 0.3 is 0 Å². The molecule has 0 bridgehead atoms. The van der Waals surface area contributed by atoms with Gasteiger partial charge in [-0.05, 0) is 52.7 Å². The molecule has 1 saturated carbocycles. The molecule has 94 valence electrons. The predicted molar refractivity (Wildman–Crippen MR) is 69.7 cm³/mol. The quantitative estimate of drug-likeness (QED) is 0.727. The molecule has 0 aromatic carbocycles. The van der Waals surface area contributed by atoms with Crippen molar-refractivity contribution in [1.29, 1.82) is 0 Å². The highest BCUT2D eigenvalue weighted by molar-refractivity contribution is 4.91. The summed E-state index contributed by atoms with van der Waals surface area (Å²) in [5, 5.41) is 0. The lowest BCUT2D eigenvalue weighted by molar-refractivity contribution is 0.138. The van der Waals surface area contributed by atoms with Crippen LogP contribution in [-0.4, -0.2) is 49.6 Å². The van der Waals surface area contributed by atoms with E-state index in [4.69, 9.17) is 0 Å². The Hall–Kier alpha value is -0.0800. The maximum Gasteiger partial charge on any atom is 0.0223 e. The summed E-state index contributed by atoms with van der Waals surface area (Å²) in [7, 11) is 6.75. The number of likely N-dealkylation sites (N-methyl/N-ethyl adjacent to an activating group) is 2. The molecule has 2 rings (SSSR count). The highest BCUT2D eigenvalue weighted by Gasteiger charge is 2.35. The van der Waals surface area contributed by atoms with Crippen LogP contribution in [0.15, 0.2) is 0 Å². The average molecular weight is 224 g/mol. The smallest absolute Gasteiger partial charge is 0.0223 e. The second-order valence-electron chi connectivity index (χ2n) is 6.12. The number of hydrogen-bond donors (Lipinski definition) is 0. The van der Waals surface area contributed by atoms with Crippen molar-refractivity contribution in [2.24, 2.45) is 5.92 Å². The number of nitrogens with zero attached hydrogens (tertiary/aromatic N) is 2. The van der Waals surface area contributed by atoms with Crippen LogP contribution in [0.3, 0.4) is 0 Å². The van der Waals surface area contributed by atoms with Gasteiger partial charge in [0.15, 0.2) is 0 Å². The maximum atomic E-state index is 2.69. The SMILES string of the molecule is CN(C)C[C@@H]1CC[C@H](C2CCCCC2)N1C. The molecule has 0 N–H and O–H groups in total. The molecule has 2 fully saturated rings. The fourth-order valence-corrected chi connectivity index (χ4v) is 3.77.